The van der Waals surface area contributed by atoms with E-state index in [1.165, 1.54) is 13.8 Å². The summed E-state index contributed by atoms with van der Waals surface area (Å²) in [5.41, 5.74) is 2.36. The van der Waals surface area contributed by atoms with Crippen LogP contribution in [0.1, 0.15) is 56.0 Å². The number of benzene rings is 1. The molecule has 0 N–H and O–H groups in total. The number of ether oxygens (including phenoxy) is 1. The molecule has 1 atom stereocenters. The minimum atomic E-state index is -0.416. The van der Waals surface area contributed by atoms with Crippen LogP contribution in [0.4, 0.5) is 5.69 Å². The highest BCUT2D eigenvalue weighted by molar-refractivity contribution is 6.01. The van der Waals surface area contributed by atoms with Crippen LogP contribution in [0.15, 0.2) is 12.1 Å². The second kappa shape index (κ2) is 9.35. The van der Waals surface area contributed by atoms with Gasteiger partial charge in [0.2, 0.25) is 0 Å². The molecular weight excluding hydrogens is 318 g/mol. The Balaban J connectivity index is 3.15. The highest BCUT2D eigenvalue weighted by atomic mass is 16.5. The second-order valence-corrected chi connectivity index (χ2v) is 6.57. The van der Waals surface area contributed by atoms with Gasteiger partial charge in [-0.25, -0.2) is 0 Å². The van der Waals surface area contributed by atoms with Gasteiger partial charge in [-0.3, -0.25) is 9.59 Å². The molecule has 0 spiro atoms. The average Bonchev–Trinajstić information content (AvgIpc) is 2.55. The van der Waals surface area contributed by atoms with Gasteiger partial charge < -0.3 is 14.4 Å². The van der Waals surface area contributed by atoms with Crippen molar-refractivity contribution in [3.05, 3.63) is 23.3 Å². The lowest BCUT2D eigenvalue weighted by Crippen LogP contribution is -2.19. The fourth-order valence-electron chi connectivity index (χ4n) is 2.97. The molecule has 0 bridgehead atoms. The van der Waals surface area contributed by atoms with Crippen molar-refractivity contribution in [2.24, 2.45) is 5.92 Å². The monoisotopic (exact) mass is 347 g/mol. The van der Waals surface area contributed by atoms with Crippen molar-refractivity contribution in [2.45, 2.75) is 46.5 Å². The first-order valence-corrected chi connectivity index (χ1v) is 8.63. The average molecular weight is 347 g/mol. The van der Waals surface area contributed by atoms with Crippen LogP contribution in [0, 0.1) is 5.92 Å². The van der Waals surface area contributed by atoms with E-state index < -0.39 is 5.92 Å². The zero-order valence-electron chi connectivity index (χ0n) is 16.1. The van der Waals surface area contributed by atoms with E-state index >= 15 is 0 Å². The minimum Gasteiger partial charge on any atom is -0.494 e. The maximum atomic E-state index is 12.8. The molecule has 0 saturated carbocycles. The number of anilines is 1. The van der Waals surface area contributed by atoms with Gasteiger partial charge in [0, 0.05) is 44.0 Å². The topological polar surface area (TPSA) is 63.7 Å². The molecule has 1 aromatic rings. The Labute approximate surface area is 150 Å². The van der Waals surface area contributed by atoms with Crippen LogP contribution >= 0.6 is 0 Å². The molecule has 25 heavy (non-hydrogen) atoms. The number of hydrogen-bond donors (Lipinski definition) is 0. The summed E-state index contributed by atoms with van der Waals surface area (Å²) >= 11 is 0. The Morgan fingerprint density at radius 1 is 1.16 bits per heavy atom. The molecule has 138 valence electrons. The maximum absolute atomic E-state index is 12.8. The summed E-state index contributed by atoms with van der Waals surface area (Å²) in [5, 5.41) is 0. The van der Waals surface area contributed by atoms with Crippen molar-refractivity contribution < 1.29 is 19.1 Å². The third-order valence-corrected chi connectivity index (χ3v) is 4.43. The molecule has 5 nitrogen and oxygen atoms in total. The van der Waals surface area contributed by atoms with Gasteiger partial charge in [0.15, 0.2) is 5.78 Å². The molecule has 0 fully saturated rings. The Morgan fingerprint density at radius 3 is 2.24 bits per heavy atom. The molecule has 1 unspecified atom stereocenters. The number of ketones is 3. The largest absolute Gasteiger partial charge is 0.494 e. The Morgan fingerprint density at radius 2 is 1.80 bits per heavy atom. The van der Waals surface area contributed by atoms with Gasteiger partial charge in [-0.1, -0.05) is 6.92 Å². The third kappa shape index (κ3) is 5.41. The van der Waals surface area contributed by atoms with Gasteiger partial charge in [-0.15, -0.1) is 0 Å². The first-order valence-electron chi connectivity index (χ1n) is 8.63. The summed E-state index contributed by atoms with van der Waals surface area (Å²) in [6, 6.07) is 3.67. The number of nitrogens with zero attached hydrogens (tertiary/aromatic N) is 1. The summed E-state index contributed by atoms with van der Waals surface area (Å²) in [7, 11) is 5.44. The molecule has 0 aliphatic carbocycles. The smallest absolute Gasteiger partial charge is 0.164 e. The highest BCUT2D eigenvalue weighted by Crippen LogP contribution is 2.34. The van der Waals surface area contributed by atoms with E-state index in [0.717, 1.165) is 11.3 Å². The number of Topliss-reactive ketones (excluding diaryl/α,β-unsaturated/α-hetero) is 3. The first-order chi connectivity index (χ1) is 11.7. The van der Waals surface area contributed by atoms with E-state index in [9.17, 15) is 14.4 Å². The molecule has 1 aromatic carbocycles. The van der Waals surface area contributed by atoms with Crippen molar-refractivity contribution in [3.63, 3.8) is 0 Å². The van der Waals surface area contributed by atoms with E-state index in [1.54, 1.807) is 13.2 Å². The lowest BCUT2D eigenvalue weighted by molar-refractivity contribution is -0.121. The number of carbonyl (C=O) groups is 3. The molecule has 0 radical (unpaired) electrons. The zero-order valence-corrected chi connectivity index (χ0v) is 16.1. The SMILES string of the molecule is CCc1c(C(=O)CC(CCC(C)=O)C(C)=O)ccc(N(C)C)c1OC. The fourth-order valence-corrected chi connectivity index (χ4v) is 2.97. The van der Waals surface area contributed by atoms with Gasteiger partial charge in [0.25, 0.3) is 0 Å². The van der Waals surface area contributed by atoms with Gasteiger partial charge in [0.1, 0.15) is 17.3 Å². The number of hydrogen-bond acceptors (Lipinski definition) is 5. The van der Waals surface area contributed by atoms with Gasteiger partial charge in [-0.05, 0) is 38.8 Å². The van der Waals surface area contributed by atoms with Gasteiger partial charge in [0.05, 0.1) is 12.8 Å². The van der Waals surface area contributed by atoms with Crippen LogP contribution in [0.3, 0.4) is 0 Å². The quantitative estimate of drug-likeness (QED) is 0.606. The van der Waals surface area contributed by atoms with Crippen molar-refractivity contribution >= 4 is 23.0 Å². The number of methoxy groups -OCH3 is 1. The van der Waals surface area contributed by atoms with Gasteiger partial charge in [-0.2, -0.15) is 0 Å². The zero-order chi connectivity index (χ0) is 19.1. The van der Waals surface area contributed by atoms with E-state index in [-0.39, 0.29) is 23.8 Å². The predicted molar refractivity (Wildman–Crippen MR) is 99.7 cm³/mol. The first kappa shape index (κ1) is 20.9. The van der Waals surface area contributed by atoms with Gasteiger partial charge >= 0.3 is 0 Å². The molecule has 0 amide bonds. The Hall–Kier alpha value is -2.17. The lowest BCUT2D eigenvalue weighted by Gasteiger charge is -2.21. The Kier molecular flexibility index (Phi) is 7.81. The molecule has 0 saturated heterocycles. The standard InChI is InChI=1S/C20H29NO4/c1-7-16-17(10-11-18(21(4)5)20(16)25-6)19(24)12-15(14(3)23)9-8-13(2)22/h10-11,15H,7-9,12H2,1-6H3. The third-order valence-electron chi connectivity index (χ3n) is 4.43. The van der Waals surface area contributed by atoms with E-state index in [2.05, 4.69) is 0 Å². The van der Waals surface area contributed by atoms with Crippen LogP contribution in [0.25, 0.3) is 0 Å². The molecule has 1 rings (SSSR count). The molecule has 0 aliphatic rings. The minimum absolute atomic E-state index is 0.0324. The number of rotatable bonds is 10. The summed E-state index contributed by atoms with van der Waals surface area (Å²) in [4.78, 5) is 37.8. The van der Waals surface area contributed by atoms with E-state index in [0.29, 0.717) is 30.6 Å². The summed E-state index contributed by atoms with van der Waals surface area (Å²) in [5.74, 6) is 0.181. The Bertz CT molecular complexity index is 649. The summed E-state index contributed by atoms with van der Waals surface area (Å²) in [6.45, 7) is 4.96. The second-order valence-electron chi connectivity index (χ2n) is 6.57. The van der Waals surface area contributed by atoms with Crippen molar-refractivity contribution in [3.8, 4) is 5.75 Å². The van der Waals surface area contributed by atoms with Crippen molar-refractivity contribution in [1.29, 1.82) is 0 Å². The van der Waals surface area contributed by atoms with Crippen LogP contribution in [0.2, 0.25) is 0 Å². The molecule has 0 aliphatic heterocycles. The molecule has 0 aromatic heterocycles. The van der Waals surface area contributed by atoms with Crippen molar-refractivity contribution in [2.75, 3.05) is 26.1 Å². The fraction of sp³-hybridized carbons (Fsp3) is 0.550. The lowest BCUT2D eigenvalue weighted by atomic mass is 9.88. The van der Waals surface area contributed by atoms with E-state index in [4.69, 9.17) is 4.74 Å². The predicted octanol–water partition coefficient (Wildman–Crippen LogP) is 3.47. The maximum Gasteiger partial charge on any atom is 0.164 e. The van der Waals surface area contributed by atoms with Crippen LogP contribution in [-0.2, 0) is 16.0 Å². The summed E-state index contributed by atoms with van der Waals surface area (Å²) < 4.78 is 5.55. The highest BCUT2D eigenvalue weighted by Gasteiger charge is 2.23. The molecule has 0 heterocycles. The normalized spacial score (nSPS) is 11.8. The van der Waals surface area contributed by atoms with Crippen molar-refractivity contribution in [1.82, 2.24) is 0 Å². The van der Waals surface area contributed by atoms with Crippen LogP contribution in [0.5, 0.6) is 5.75 Å². The van der Waals surface area contributed by atoms with Crippen LogP contribution in [-0.4, -0.2) is 38.6 Å². The molecular formula is C20H29NO4. The summed E-state index contributed by atoms with van der Waals surface area (Å²) in [6.07, 6.45) is 1.52. The van der Waals surface area contributed by atoms with Crippen LogP contribution < -0.4 is 9.64 Å². The van der Waals surface area contributed by atoms with E-state index in [1.807, 2.05) is 32.0 Å². The number of carbonyl (C=O) groups excluding carboxylic acids is 3. The molecule has 5 heteroatoms.